The zero-order valence-electron chi connectivity index (χ0n) is 10.3. The summed E-state index contributed by atoms with van der Waals surface area (Å²) < 4.78 is 26.8. The maximum absolute atomic E-state index is 11.8. The number of rotatable bonds is 7. The molecule has 0 bridgehead atoms. The minimum atomic E-state index is -3.58. The lowest BCUT2D eigenvalue weighted by Crippen LogP contribution is -2.30. The second-order valence-corrected chi connectivity index (χ2v) is 6.24. The lowest BCUT2D eigenvalue weighted by Gasteiger charge is -2.07. The third-order valence-electron chi connectivity index (χ3n) is 2.10. The molecule has 0 fully saturated rings. The minimum absolute atomic E-state index is 0.00968. The number of amides is 1. The molecule has 1 rings (SSSR count). The molecule has 0 radical (unpaired) electrons. The van der Waals surface area contributed by atoms with Gasteiger partial charge in [-0.2, -0.15) is 0 Å². The molecule has 0 spiro atoms. The first kappa shape index (κ1) is 16.1. The highest BCUT2D eigenvalue weighted by Crippen LogP contribution is 2.14. The number of nitrogens with one attached hydrogen (secondary N) is 2. The number of hydrogen-bond donors (Lipinski definition) is 2. The van der Waals surface area contributed by atoms with Crippen molar-refractivity contribution in [3.63, 3.8) is 0 Å². The fourth-order valence-electron chi connectivity index (χ4n) is 1.20. The lowest BCUT2D eigenvalue weighted by molar-refractivity contribution is -0.132. The molecule has 6 nitrogen and oxygen atoms in total. The zero-order chi connectivity index (χ0) is 14.3. The van der Waals surface area contributed by atoms with Crippen molar-refractivity contribution < 1.29 is 18.0 Å². The summed E-state index contributed by atoms with van der Waals surface area (Å²) in [5.41, 5.74) is 2.19. The first-order chi connectivity index (χ1) is 8.95. The first-order valence-electron chi connectivity index (χ1n) is 5.61. The number of halogens is 1. The SMILES string of the molecule is CCONC(=O)CCNS(=O)(=O)c1ccc(Br)cc1. The van der Waals surface area contributed by atoms with E-state index in [9.17, 15) is 13.2 Å². The average Bonchev–Trinajstić information content (AvgIpc) is 2.36. The van der Waals surface area contributed by atoms with Crippen LogP contribution in [0.5, 0.6) is 0 Å². The van der Waals surface area contributed by atoms with Crippen molar-refractivity contribution in [3.8, 4) is 0 Å². The lowest BCUT2D eigenvalue weighted by atomic mass is 10.4. The Labute approximate surface area is 120 Å². The topological polar surface area (TPSA) is 84.5 Å². The normalized spacial score (nSPS) is 11.3. The maximum Gasteiger partial charge on any atom is 0.244 e. The Bertz CT molecular complexity index is 516. The number of carbonyl (C=O) groups excluding carboxylic acids is 1. The fraction of sp³-hybridized carbons (Fsp3) is 0.364. The van der Waals surface area contributed by atoms with Gasteiger partial charge in [0, 0.05) is 17.4 Å². The van der Waals surface area contributed by atoms with E-state index < -0.39 is 10.0 Å². The standard InChI is InChI=1S/C11H15BrN2O4S/c1-2-18-14-11(15)7-8-13-19(16,17)10-5-3-9(12)4-6-10/h3-6,13H,2,7-8H2,1H3,(H,14,15). The molecule has 0 atom stereocenters. The summed E-state index contributed by atoms with van der Waals surface area (Å²) in [5.74, 6) is -0.375. The van der Waals surface area contributed by atoms with Gasteiger partial charge in [-0.05, 0) is 31.2 Å². The third kappa shape index (κ3) is 5.68. The van der Waals surface area contributed by atoms with E-state index in [1.165, 1.54) is 12.1 Å². The van der Waals surface area contributed by atoms with Crippen molar-refractivity contribution in [3.05, 3.63) is 28.7 Å². The van der Waals surface area contributed by atoms with E-state index in [0.29, 0.717) is 6.61 Å². The Morgan fingerprint density at radius 3 is 2.53 bits per heavy atom. The van der Waals surface area contributed by atoms with Crippen molar-refractivity contribution in [2.45, 2.75) is 18.2 Å². The summed E-state index contributed by atoms with van der Waals surface area (Å²) in [5, 5.41) is 0. The molecule has 0 saturated heterocycles. The smallest absolute Gasteiger partial charge is 0.244 e. The number of hydrogen-bond acceptors (Lipinski definition) is 4. The summed E-state index contributed by atoms with van der Waals surface area (Å²) in [6.45, 7) is 2.10. The first-order valence-corrected chi connectivity index (χ1v) is 7.89. The molecule has 0 aromatic heterocycles. The van der Waals surface area contributed by atoms with Crippen molar-refractivity contribution >= 4 is 31.9 Å². The molecule has 1 aromatic carbocycles. The molecule has 0 unspecified atom stereocenters. The van der Waals surface area contributed by atoms with Crippen LogP contribution in [0.3, 0.4) is 0 Å². The molecular weight excluding hydrogens is 336 g/mol. The van der Waals surface area contributed by atoms with E-state index in [2.05, 4.69) is 26.1 Å². The summed E-state index contributed by atoms with van der Waals surface area (Å²) in [4.78, 5) is 16.0. The van der Waals surface area contributed by atoms with Crippen molar-refractivity contribution in [2.75, 3.05) is 13.2 Å². The van der Waals surface area contributed by atoms with Crippen molar-refractivity contribution in [2.24, 2.45) is 0 Å². The van der Waals surface area contributed by atoms with Crippen LogP contribution in [0.15, 0.2) is 33.6 Å². The van der Waals surface area contributed by atoms with E-state index in [-0.39, 0.29) is 23.8 Å². The van der Waals surface area contributed by atoms with Crippen LogP contribution in [0.4, 0.5) is 0 Å². The van der Waals surface area contributed by atoms with Gasteiger partial charge in [0.2, 0.25) is 15.9 Å². The maximum atomic E-state index is 11.8. The molecule has 0 aliphatic carbocycles. The molecule has 0 heterocycles. The Morgan fingerprint density at radius 2 is 1.95 bits per heavy atom. The van der Waals surface area contributed by atoms with Crippen LogP contribution < -0.4 is 10.2 Å². The molecule has 1 amide bonds. The van der Waals surface area contributed by atoms with Crippen LogP contribution in [-0.4, -0.2) is 27.5 Å². The zero-order valence-corrected chi connectivity index (χ0v) is 12.8. The van der Waals surface area contributed by atoms with E-state index >= 15 is 0 Å². The van der Waals surface area contributed by atoms with Gasteiger partial charge in [0.15, 0.2) is 0 Å². The van der Waals surface area contributed by atoms with E-state index in [1.54, 1.807) is 19.1 Å². The van der Waals surface area contributed by atoms with E-state index in [1.807, 2.05) is 0 Å². The van der Waals surface area contributed by atoms with Crippen LogP contribution in [0.1, 0.15) is 13.3 Å². The summed E-state index contributed by atoms with van der Waals surface area (Å²) in [6, 6.07) is 6.23. The molecule has 106 valence electrons. The van der Waals surface area contributed by atoms with Crippen LogP contribution >= 0.6 is 15.9 Å². The van der Waals surface area contributed by atoms with Gasteiger partial charge >= 0.3 is 0 Å². The summed E-state index contributed by atoms with van der Waals surface area (Å²) in [7, 11) is -3.58. The van der Waals surface area contributed by atoms with Gasteiger partial charge in [-0.25, -0.2) is 18.6 Å². The second-order valence-electron chi connectivity index (χ2n) is 3.56. The molecule has 0 aliphatic rings. The van der Waals surface area contributed by atoms with Crippen LogP contribution in [0.2, 0.25) is 0 Å². The summed E-state index contributed by atoms with van der Waals surface area (Å²) in [6.07, 6.45) is 0.00968. The van der Waals surface area contributed by atoms with Crippen LogP contribution in [-0.2, 0) is 19.7 Å². The van der Waals surface area contributed by atoms with Crippen molar-refractivity contribution in [1.29, 1.82) is 0 Å². The Morgan fingerprint density at radius 1 is 1.32 bits per heavy atom. The van der Waals surface area contributed by atoms with Gasteiger partial charge in [-0.1, -0.05) is 15.9 Å². The van der Waals surface area contributed by atoms with E-state index in [0.717, 1.165) is 4.47 Å². The van der Waals surface area contributed by atoms with E-state index in [4.69, 9.17) is 4.84 Å². The molecule has 0 aliphatic heterocycles. The highest BCUT2D eigenvalue weighted by molar-refractivity contribution is 9.10. The molecule has 0 saturated carbocycles. The molecule has 1 aromatic rings. The van der Waals surface area contributed by atoms with Gasteiger partial charge in [0.25, 0.3) is 0 Å². The fourth-order valence-corrected chi connectivity index (χ4v) is 2.50. The molecule has 2 N–H and O–H groups in total. The predicted octanol–water partition coefficient (Wildman–Crippen LogP) is 1.19. The predicted molar refractivity (Wildman–Crippen MR) is 73.7 cm³/mol. The van der Waals surface area contributed by atoms with Gasteiger partial charge in [0.05, 0.1) is 11.5 Å². The monoisotopic (exact) mass is 350 g/mol. The number of sulfonamides is 1. The Kier molecular flexibility index (Phi) is 6.43. The average molecular weight is 351 g/mol. The summed E-state index contributed by atoms with van der Waals surface area (Å²) >= 11 is 3.23. The van der Waals surface area contributed by atoms with Gasteiger partial charge in [-0.3, -0.25) is 9.63 Å². The molecular formula is C11H15BrN2O4S. The van der Waals surface area contributed by atoms with Gasteiger partial charge in [-0.15, -0.1) is 0 Å². The Hall–Kier alpha value is -0.960. The third-order valence-corrected chi connectivity index (χ3v) is 4.10. The quantitative estimate of drug-likeness (QED) is 0.723. The molecule has 8 heteroatoms. The van der Waals surface area contributed by atoms with Crippen LogP contribution in [0, 0.1) is 0 Å². The highest BCUT2D eigenvalue weighted by atomic mass is 79.9. The number of benzene rings is 1. The highest BCUT2D eigenvalue weighted by Gasteiger charge is 2.13. The van der Waals surface area contributed by atoms with Crippen LogP contribution in [0.25, 0.3) is 0 Å². The van der Waals surface area contributed by atoms with Gasteiger partial charge < -0.3 is 0 Å². The number of hydroxylamine groups is 1. The minimum Gasteiger partial charge on any atom is -0.274 e. The largest absolute Gasteiger partial charge is 0.274 e. The molecule has 19 heavy (non-hydrogen) atoms. The van der Waals surface area contributed by atoms with Crippen molar-refractivity contribution in [1.82, 2.24) is 10.2 Å². The number of carbonyl (C=O) groups is 1. The van der Waals surface area contributed by atoms with Gasteiger partial charge in [0.1, 0.15) is 0 Å². The Balaban J connectivity index is 2.47. The second kappa shape index (κ2) is 7.59.